The van der Waals surface area contributed by atoms with E-state index in [1.54, 1.807) is 48.4 Å². The van der Waals surface area contributed by atoms with Gasteiger partial charge in [0.15, 0.2) is 16.7 Å². The molecule has 224 valence electrons. The van der Waals surface area contributed by atoms with Crippen molar-refractivity contribution in [1.29, 1.82) is 0 Å². The van der Waals surface area contributed by atoms with Gasteiger partial charge >= 0.3 is 5.97 Å². The number of amides is 1. The average Bonchev–Trinajstić information content (AvgIpc) is 3.29. The van der Waals surface area contributed by atoms with Gasteiger partial charge in [-0.05, 0) is 125 Å². The molecule has 1 aliphatic rings. The number of hydrogen-bond acceptors (Lipinski definition) is 6. The van der Waals surface area contributed by atoms with E-state index in [0.29, 0.717) is 43.0 Å². The minimum Gasteiger partial charge on any atom is -0.493 e. The topological polar surface area (TPSA) is 88.4 Å². The van der Waals surface area contributed by atoms with Crippen LogP contribution in [0, 0.1) is 17.4 Å². The smallest absolute Gasteiger partial charge is 0.335 e. The summed E-state index contributed by atoms with van der Waals surface area (Å²) >= 11 is 16.2. The first-order chi connectivity index (χ1) is 21.0. The molecule has 5 rings (SSSR count). The van der Waals surface area contributed by atoms with Gasteiger partial charge in [0.05, 0.1) is 32.5 Å². The molecule has 0 spiro atoms. The number of rotatable bonds is 8. The highest BCUT2D eigenvalue weighted by Gasteiger charge is 2.35. The molecule has 0 aliphatic carbocycles. The van der Waals surface area contributed by atoms with Gasteiger partial charge in [0.1, 0.15) is 6.61 Å². The molecule has 0 aromatic heterocycles. The number of carbonyl (C=O) groups excluding carboxylic acids is 1. The number of halogens is 3. The van der Waals surface area contributed by atoms with Gasteiger partial charge in [-0.3, -0.25) is 9.69 Å². The van der Waals surface area contributed by atoms with Crippen molar-refractivity contribution in [3.63, 3.8) is 0 Å². The monoisotopic (exact) mass is 758 g/mol. The first-order valence-corrected chi connectivity index (χ1v) is 15.9. The van der Waals surface area contributed by atoms with Crippen LogP contribution in [0.4, 0.5) is 11.4 Å². The van der Waals surface area contributed by atoms with Crippen LogP contribution >= 0.6 is 57.6 Å². The van der Waals surface area contributed by atoms with E-state index in [-0.39, 0.29) is 18.1 Å². The van der Waals surface area contributed by atoms with Crippen molar-refractivity contribution in [2.45, 2.75) is 20.5 Å². The summed E-state index contributed by atoms with van der Waals surface area (Å²) in [6.45, 7) is 4.04. The summed E-state index contributed by atoms with van der Waals surface area (Å²) in [4.78, 5) is 31.8. The van der Waals surface area contributed by atoms with Gasteiger partial charge in [0.25, 0.3) is 5.91 Å². The first-order valence-electron chi connectivity index (χ1n) is 13.2. The molecule has 1 heterocycles. The zero-order valence-corrected chi connectivity index (χ0v) is 28.2. The van der Waals surface area contributed by atoms with Crippen molar-refractivity contribution in [2.24, 2.45) is 4.99 Å². The molecule has 44 heavy (non-hydrogen) atoms. The molecule has 1 fully saturated rings. The second-order valence-electron chi connectivity index (χ2n) is 9.84. The third kappa shape index (κ3) is 7.07. The number of aryl methyl sites for hydroxylation is 2. The Morgan fingerprint density at radius 2 is 1.68 bits per heavy atom. The lowest BCUT2D eigenvalue weighted by Gasteiger charge is -2.17. The van der Waals surface area contributed by atoms with Gasteiger partial charge in [0, 0.05) is 10.0 Å². The molecule has 0 bridgehead atoms. The lowest BCUT2D eigenvalue weighted by Crippen LogP contribution is -2.28. The Labute approximate surface area is 282 Å². The van der Waals surface area contributed by atoms with Crippen LogP contribution in [0.3, 0.4) is 0 Å². The third-order valence-corrected chi connectivity index (χ3v) is 9.32. The standard InChI is InChI=1S/C33H25Cl2IN2O5S/c1-18-4-10-23(15-25(18)34)37-33-38(24-11-5-19(2)26(35)16-24)31(39)29(44-33)14-21-12-27(36)30(28(13-21)42-3)43-17-20-6-8-22(9-7-20)32(40)41/h4-16H,17H2,1-3H3,(H,40,41)/b29-14+,37-33?. The average molecular weight is 759 g/mol. The molecule has 4 aromatic carbocycles. The van der Waals surface area contributed by atoms with Gasteiger partial charge in [-0.2, -0.15) is 0 Å². The molecule has 1 aliphatic heterocycles. The van der Waals surface area contributed by atoms with Gasteiger partial charge in [-0.1, -0.05) is 47.5 Å². The number of thioether (sulfide) groups is 1. The van der Waals surface area contributed by atoms with E-state index in [2.05, 4.69) is 22.6 Å². The Bertz CT molecular complexity index is 1840. The number of amidine groups is 1. The lowest BCUT2D eigenvalue weighted by atomic mass is 10.1. The maximum absolute atomic E-state index is 13.9. The minimum atomic E-state index is -0.985. The van der Waals surface area contributed by atoms with E-state index in [4.69, 9.17) is 42.8 Å². The summed E-state index contributed by atoms with van der Waals surface area (Å²) < 4.78 is 12.5. The molecule has 0 saturated carbocycles. The molecular weight excluding hydrogens is 734 g/mol. The maximum atomic E-state index is 13.9. The number of methoxy groups -OCH3 is 1. The Morgan fingerprint density at radius 3 is 2.32 bits per heavy atom. The predicted molar refractivity (Wildman–Crippen MR) is 186 cm³/mol. The largest absolute Gasteiger partial charge is 0.493 e. The molecule has 1 amide bonds. The van der Waals surface area contributed by atoms with Crippen molar-refractivity contribution < 1.29 is 24.2 Å². The van der Waals surface area contributed by atoms with Crippen LogP contribution in [0.15, 0.2) is 82.7 Å². The fraction of sp³-hybridized carbons (Fsp3) is 0.121. The Hall–Kier alpha value is -3.51. The maximum Gasteiger partial charge on any atom is 0.335 e. The molecule has 1 N–H and O–H groups in total. The molecule has 0 unspecified atom stereocenters. The van der Waals surface area contributed by atoms with Gasteiger partial charge in [-0.15, -0.1) is 0 Å². The van der Waals surface area contributed by atoms with Crippen molar-refractivity contribution in [1.82, 2.24) is 0 Å². The summed E-state index contributed by atoms with van der Waals surface area (Å²) in [6.07, 6.45) is 1.79. The Balaban J connectivity index is 1.47. The number of aliphatic imine (C=N–C) groups is 1. The SMILES string of the molecule is COc1cc(/C=C2/SC(=Nc3ccc(C)c(Cl)c3)N(c3ccc(C)c(Cl)c3)C2=O)cc(I)c1OCc1ccc(C(=O)O)cc1. The number of anilines is 1. The zero-order chi connectivity index (χ0) is 31.5. The minimum absolute atomic E-state index is 0.206. The highest BCUT2D eigenvalue weighted by molar-refractivity contribution is 14.1. The van der Waals surface area contributed by atoms with Crippen LogP contribution in [0.2, 0.25) is 10.0 Å². The van der Waals surface area contributed by atoms with Crippen LogP contribution in [-0.4, -0.2) is 29.3 Å². The highest BCUT2D eigenvalue weighted by Crippen LogP contribution is 2.41. The molecule has 1 saturated heterocycles. The van der Waals surface area contributed by atoms with Gasteiger partial charge < -0.3 is 14.6 Å². The van der Waals surface area contributed by atoms with Crippen molar-refractivity contribution >= 4 is 92.0 Å². The normalized spacial score (nSPS) is 14.9. The summed E-state index contributed by atoms with van der Waals surface area (Å²) in [5.41, 5.74) is 4.81. The fourth-order valence-corrected chi connectivity index (χ4v) is 6.40. The van der Waals surface area contributed by atoms with E-state index in [1.807, 2.05) is 44.2 Å². The number of aromatic carboxylic acids is 1. The van der Waals surface area contributed by atoms with Crippen LogP contribution in [0.25, 0.3) is 6.08 Å². The molecule has 0 radical (unpaired) electrons. The van der Waals surface area contributed by atoms with Crippen LogP contribution in [-0.2, 0) is 11.4 Å². The van der Waals surface area contributed by atoms with E-state index >= 15 is 0 Å². The van der Waals surface area contributed by atoms with E-state index in [0.717, 1.165) is 25.8 Å². The number of carboxylic acids is 1. The summed E-state index contributed by atoms with van der Waals surface area (Å²) in [5.74, 6) is -0.198. The predicted octanol–water partition coefficient (Wildman–Crippen LogP) is 9.31. The summed E-state index contributed by atoms with van der Waals surface area (Å²) in [6, 6.07) is 21.2. The number of benzene rings is 4. The number of carboxylic acid groups (broad SMARTS) is 1. The fourth-order valence-electron chi connectivity index (χ4n) is 4.27. The summed E-state index contributed by atoms with van der Waals surface area (Å²) in [7, 11) is 1.55. The molecule has 7 nitrogen and oxygen atoms in total. The van der Waals surface area contributed by atoms with E-state index in [9.17, 15) is 9.59 Å². The molecule has 4 aromatic rings. The first kappa shape index (κ1) is 31.9. The Morgan fingerprint density at radius 1 is 1.00 bits per heavy atom. The van der Waals surface area contributed by atoms with Crippen molar-refractivity contribution in [2.75, 3.05) is 12.0 Å². The quantitative estimate of drug-likeness (QED) is 0.142. The molecule has 0 atom stereocenters. The number of nitrogens with zero attached hydrogens (tertiary/aromatic N) is 2. The van der Waals surface area contributed by atoms with Gasteiger partial charge in [0.2, 0.25) is 0 Å². The Kier molecular flexibility index (Phi) is 9.89. The second-order valence-corrected chi connectivity index (χ2v) is 12.8. The molecule has 11 heteroatoms. The van der Waals surface area contributed by atoms with Crippen LogP contribution in [0.5, 0.6) is 11.5 Å². The number of hydrogen-bond donors (Lipinski definition) is 1. The van der Waals surface area contributed by atoms with Crippen LogP contribution in [0.1, 0.15) is 32.6 Å². The summed E-state index contributed by atoms with van der Waals surface area (Å²) in [5, 5.41) is 10.7. The highest BCUT2D eigenvalue weighted by atomic mass is 127. The lowest BCUT2D eigenvalue weighted by molar-refractivity contribution is -0.113. The molecular formula is C33H25Cl2IN2O5S. The third-order valence-electron chi connectivity index (χ3n) is 6.73. The number of carbonyl (C=O) groups is 2. The van der Waals surface area contributed by atoms with Crippen molar-refractivity contribution in [3.8, 4) is 11.5 Å². The van der Waals surface area contributed by atoms with Crippen LogP contribution < -0.4 is 14.4 Å². The van der Waals surface area contributed by atoms with E-state index < -0.39 is 5.97 Å². The second kappa shape index (κ2) is 13.6. The van der Waals surface area contributed by atoms with Gasteiger partial charge in [-0.25, -0.2) is 9.79 Å². The van der Waals surface area contributed by atoms with Crippen molar-refractivity contribution in [3.05, 3.63) is 119 Å². The van der Waals surface area contributed by atoms with E-state index in [1.165, 1.54) is 23.9 Å². The zero-order valence-electron chi connectivity index (χ0n) is 23.7. The number of ether oxygens (including phenoxy) is 2.